The van der Waals surface area contributed by atoms with Crippen molar-refractivity contribution in [1.82, 2.24) is 0 Å². The van der Waals surface area contributed by atoms with Gasteiger partial charge in [-0.15, -0.1) is 11.3 Å². The van der Waals surface area contributed by atoms with E-state index in [2.05, 4.69) is 140 Å². The lowest BCUT2D eigenvalue weighted by Crippen LogP contribution is -2.01. The monoisotopic (exact) mass is 514 g/mol. The third-order valence-corrected chi connectivity index (χ3v) is 9.39. The van der Waals surface area contributed by atoms with Crippen molar-refractivity contribution < 1.29 is 0 Å². The summed E-state index contributed by atoms with van der Waals surface area (Å²) in [6, 6.07) is 51.6. The van der Waals surface area contributed by atoms with Gasteiger partial charge in [-0.1, -0.05) is 115 Å². The zero-order valence-electron chi connectivity index (χ0n) is 21.5. The fraction of sp³-hybridized carbons (Fsp3) is 0.0526. The topological polar surface area (TPSA) is 0 Å². The van der Waals surface area contributed by atoms with Gasteiger partial charge < -0.3 is 0 Å². The molecule has 1 heterocycles. The highest BCUT2D eigenvalue weighted by molar-refractivity contribution is 7.25. The Morgan fingerprint density at radius 3 is 1.79 bits per heavy atom. The molecule has 1 heteroatoms. The zero-order valence-corrected chi connectivity index (χ0v) is 22.3. The summed E-state index contributed by atoms with van der Waals surface area (Å²) in [4.78, 5) is 0. The van der Waals surface area contributed by atoms with Crippen LogP contribution in [-0.4, -0.2) is 0 Å². The molecule has 0 nitrogen and oxygen atoms in total. The van der Waals surface area contributed by atoms with Crippen molar-refractivity contribution in [2.45, 2.75) is 12.3 Å². The summed E-state index contributed by atoms with van der Waals surface area (Å²) < 4.78 is 2.70. The Morgan fingerprint density at radius 2 is 1.03 bits per heavy atom. The molecule has 1 aliphatic rings. The molecule has 8 rings (SSSR count). The highest BCUT2D eigenvalue weighted by atomic mass is 32.1. The maximum absolute atomic E-state index is 2.39. The first-order valence-corrected chi connectivity index (χ1v) is 14.4. The molecule has 184 valence electrons. The maximum atomic E-state index is 2.39. The summed E-state index contributed by atoms with van der Waals surface area (Å²) in [5.41, 5.74) is 12.1. The van der Waals surface area contributed by atoms with Crippen molar-refractivity contribution >= 4 is 31.5 Å². The van der Waals surface area contributed by atoms with Gasteiger partial charge in [0.25, 0.3) is 0 Å². The SMILES string of the molecule is c1cc(CC2c3ccccc3-c3ccccc32)cc(-c2cccc(-c3ccc4sc5ccccc5c4c3)c2)c1. The van der Waals surface area contributed by atoms with Crippen LogP contribution < -0.4 is 0 Å². The predicted octanol–water partition coefficient (Wildman–Crippen LogP) is 10.7. The zero-order chi connectivity index (χ0) is 25.8. The molecule has 39 heavy (non-hydrogen) atoms. The van der Waals surface area contributed by atoms with E-state index in [-0.39, 0.29) is 0 Å². The second kappa shape index (κ2) is 9.08. The highest BCUT2D eigenvalue weighted by Gasteiger charge is 2.28. The van der Waals surface area contributed by atoms with Crippen LogP contribution in [0.3, 0.4) is 0 Å². The minimum atomic E-state index is 0.395. The van der Waals surface area contributed by atoms with Crippen LogP contribution in [-0.2, 0) is 6.42 Å². The second-order valence-corrected chi connectivity index (χ2v) is 11.6. The molecular formula is C38H26S. The van der Waals surface area contributed by atoms with Crippen molar-refractivity contribution in [2.75, 3.05) is 0 Å². The Balaban J connectivity index is 1.14. The summed E-state index contributed by atoms with van der Waals surface area (Å²) in [6.07, 6.45) is 1.00. The van der Waals surface area contributed by atoms with E-state index >= 15 is 0 Å². The molecule has 7 aromatic rings. The van der Waals surface area contributed by atoms with E-state index < -0.39 is 0 Å². The van der Waals surface area contributed by atoms with Gasteiger partial charge in [-0.05, 0) is 80.8 Å². The Labute approximate surface area is 232 Å². The molecule has 6 aromatic carbocycles. The predicted molar refractivity (Wildman–Crippen MR) is 168 cm³/mol. The molecule has 0 aliphatic heterocycles. The number of fused-ring (bicyclic) bond motifs is 6. The van der Waals surface area contributed by atoms with Gasteiger partial charge in [-0.2, -0.15) is 0 Å². The fourth-order valence-corrected chi connectivity index (χ4v) is 7.46. The number of rotatable bonds is 4. The average molecular weight is 515 g/mol. The first kappa shape index (κ1) is 22.5. The number of thiophene rings is 1. The Bertz CT molecular complexity index is 1960. The van der Waals surface area contributed by atoms with Crippen molar-refractivity contribution in [3.63, 3.8) is 0 Å². The summed E-state index contributed by atoms with van der Waals surface area (Å²) in [5.74, 6) is 0.395. The van der Waals surface area contributed by atoms with Gasteiger partial charge in [0.1, 0.15) is 0 Å². The third-order valence-electron chi connectivity index (χ3n) is 8.24. The van der Waals surface area contributed by atoms with Crippen molar-refractivity contribution in [3.8, 4) is 33.4 Å². The van der Waals surface area contributed by atoms with E-state index in [4.69, 9.17) is 0 Å². The van der Waals surface area contributed by atoms with E-state index in [9.17, 15) is 0 Å². The Hall–Kier alpha value is -4.46. The molecule has 0 radical (unpaired) electrons. The van der Waals surface area contributed by atoms with Crippen molar-refractivity contribution in [1.29, 1.82) is 0 Å². The molecule has 1 aromatic heterocycles. The van der Waals surface area contributed by atoms with Crippen LogP contribution in [0.4, 0.5) is 0 Å². The Morgan fingerprint density at radius 1 is 0.436 bits per heavy atom. The largest absolute Gasteiger partial charge is 0.135 e. The van der Waals surface area contributed by atoms with Gasteiger partial charge >= 0.3 is 0 Å². The molecular weight excluding hydrogens is 488 g/mol. The molecule has 0 N–H and O–H groups in total. The molecule has 0 unspecified atom stereocenters. The minimum absolute atomic E-state index is 0.395. The van der Waals surface area contributed by atoms with Crippen LogP contribution in [0, 0.1) is 0 Å². The van der Waals surface area contributed by atoms with Crippen LogP contribution in [0.2, 0.25) is 0 Å². The van der Waals surface area contributed by atoms with Gasteiger partial charge in [0.05, 0.1) is 0 Å². The van der Waals surface area contributed by atoms with E-state index in [0.717, 1.165) is 6.42 Å². The molecule has 0 saturated heterocycles. The van der Waals surface area contributed by atoms with E-state index in [1.165, 1.54) is 70.2 Å². The van der Waals surface area contributed by atoms with Gasteiger partial charge in [0.15, 0.2) is 0 Å². The second-order valence-electron chi connectivity index (χ2n) is 10.5. The summed E-state index contributed by atoms with van der Waals surface area (Å²) >= 11 is 1.87. The van der Waals surface area contributed by atoms with Crippen LogP contribution in [0.25, 0.3) is 53.6 Å². The van der Waals surface area contributed by atoms with Gasteiger partial charge in [0, 0.05) is 26.1 Å². The number of hydrogen-bond donors (Lipinski definition) is 0. The fourth-order valence-electron chi connectivity index (χ4n) is 6.38. The lowest BCUT2D eigenvalue weighted by molar-refractivity contribution is 0.827. The van der Waals surface area contributed by atoms with E-state index in [1.807, 2.05) is 11.3 Å². The van der Waals surface area contributed by atoms with Crippen molar-refractivity contribution in [2.24, 2.45) is 0 Å². The number of benzene rings is 6. The lowest BCUT2D eigenvalue weighted by atomic mass is 9.89. The van der Waals surface area contributed by atoms with Crippen LogP contribution in [0.15, 0.2) is 140 Å². The number of hydrogen-bond acceptors (Lipinski definition) is 1. The summed E-state index contributed by atoms with van der Waals surface area (Å²) in [7, 11) is 0. The Kier molecular flexibility index (Phi) is 5.24. The first-order valence-electron chi connectivity index (χ1n) is 13.6. The minimum Gasteiger partial charge on any atom is -0.135 e. The van der Waals surface area contributed by atoms with Crippen molar-refractivity contribution in [3.05, 3.63) is 156 Å². The third kappa shape index (κ3) is 3.81. The van der Waals surface area contributed by atoms with Crippen LogP contribution in [0.5, 0.6) is 0 Å². The quantitative estimate of drug-likeness (QED) is 0.219. The lowest BCUT2D eigenvalue weighted by Gasteiger charge is -2.15. The van der Waals surface area contributed by atoms with Gasteiger partial charge in [-0.25, -0.2) is 0 Å². The molecule has 0 bridgehead atoms. The average Bonchev–Trinajstić information content (AvgIpc) is 3.53. The van der Waals surface area contributed by atoms with Gasteiger partial charge in [0.2, 0.25) is 0 Å². The first-order chi connectivity index (χ1) is 19.3. The highest BCUT2D eigenvalue weighted by Crippen LogP contribution is 2.46. The smallest absolute Gasteiger partial charge is 0.0355 e. The standard InChI is InChI=1S/C38H26S/c1-3-15-32-30(13-1)31-14-2-4-16-33(31)35(32)22-25-9-7-10-26(21-25)27-11-8-12-28(23-27)29-19-20-38-36(24-29)34-17-5-6-18-37(34)39-38/h1-21,23-24,35H,22H2. The molecule has 0 amide bonds. The van der Waals surface area contributed by atoms with Crippen LogP contribution in [0.1, 0.15) is 22.6 Å². The van der Waals surface area contributed by atoms with Crippen LogP contribution >= 0.6 is 11.3 Å². The molecule has 0 fully saturated rings. The van der Waals surface area contributed by atoms with E-state index in [1.54, 1.807) is 0 Å². The maximum Gasteiger partial charge on any atom is 0.0355 e. The molecule has 0 spiro atoms. The summed E-state index contributed by atoms with van der Waals surface area (Å²) in [6.45, 7) is 0. The van der Waals surface area contributed by atoms with Gasteiger partial charge in [-0.3, -0.25) is 0 Å². The van der Waals surface area contributed by atoms with E-state index in [0.29, 0.717) is 5.92 Å². The summed E-state index contributed by atoms with van der Waals surface area (Å²) in [5, 5.41) is 2.69. The molecule has 1 aliphatic carbocycles. The normalized spacial score (nSPS) is 12.6. The molecule has 0 saturated carbocycles. The molecule has 0 atom stereocenters.